The van der Waals surface area contributed by atoms with E-state index in [9.17, 15) is 0 Å². The highest BCUT2D eigenvalue weighted by Gasteiger charge is 2.23. The second kappa shape index (κ2) is 9.80. The van der Waals surface area contributed by atoms with Crippen LogP contribution in [0, 0.1) is 11.8 Å². The van der Waals surface area contributed by atoms with E-state index < -0.39 is 0 Å². The van der Waals surface area contributed by atoms with E-state index in [1.54, 1.807) is 0 Å². The zero-order valence-corrected chi connectivity index (χ0v) is 14.8. The van der Waals surface area contributed by atoms with Crippen molar-refractivity contribution < 1.29 is 0 Å². The van der Waals surface area contributed by atoms with Gasteiger partial charge in [0.15, 0.2) is 0 Å². The first-order valence-electron chi connectivity index (χ1n) is 8.56. The second-order valence-corrected chi connectivity index (χ2v) is 7.17. The lowest BCUT2D eigenvalue weighted by molar-refractivity contribution is 0.138. The molecule has 116 valence electrons. The first-order chi connectivity index (χ1) is 8.85. The number of nitrogens with zero attached hydrogens (tertiary/aromatic N) is 1. The summed E-state index contributed by atoms with van der Waals surface area (Å²) in [6, 6.07) is 0. The van der Waals surface area contributed by atoms with Crippen molar-refractivity contribution in [1.82, 2.24) is 4.90 Å². The van der Waals surface area contributed by atoms with E-state index in [1.165, 1.54) is 44.9 Å². The monoisotopic (exact) mass is 269 g/mol. The summed E-state index contributed by atoms with van der Waals surface area (Å²) < 4.78 is 0. The molecule has 0 rings (SSSR count). The predicted molar refractivity (Wildman–Crippen MR) is 88.7 cm³/mol. The average molecular weight is 270 g/mol. The summed E-state index contributed by atoms with van der Waals surface area (Å²) in [6.07, 6.45) is 9.72. The first-order valence-corrected chi connectivity index (χ1v) is 8.56. The molecule has 1 nitrogen and oxygen atoms in total. The fourth-order valence-electron chi connectivity index (χ4n) is 2.66. The Morgan fingerprint density at radius 1 is 0.895 bits per heavy atom. The molecule has 0 fully saturated rings. The minimum Gasteiger partial charge on any atom is -0.302 e. The molecule has 0 heterocycles. The van der Waals surface area contributed by atoms with Crippen LogP contribution in [-0.4, -0.2) is 24.0 Å². The molecule has 0 aromatic rings. The zero-order chi connectivity index (χ0) is 14.9. The Morgan fingerprint density at radius 3 is 2.00 bits per heavy atom. The molecule has 0 aromatic carbocycles. The first kappa shape index (κ1) is 19.0. The maximum atomic E-state index is 2.48. The third-order valence-electron chi connectivity index (χ3n) is 5.20. The predicted octanol–water partition coefficient (Wildman–Crippen LogP) is 5.74. The molecule has 0 aliphatic rings. The minimum absolute atomic E-state index is 0.352. The molecule has 1 heteroatoms. The molecule has 0 N–H and O–H groups in total. The van der Waals surface area contributed by atoms with Gasteiger partial charge in [-0.25, -0.2) is 0 Å². The smallest absolute Gasteiger partial charge is 0.0150 e. The van der Waals surface area contributed by atoms with Gasteiger partial charge in [0.25, 0.3) is 0 Å². The SMILES string of the molecule is CCCCCCC(C)C(C)CCC(C)(C)N(C)CC. The molecule has 19 heavy (non-hydrogen) atoms. The van der Waals surface area contributed by atoms with Crippen LogP contribution in [0.2, 0.25) is 0 Å². The molecule has 0 bridgehead atoms. The maximum Gasteiger partial charge on any atom is 0.0150 e. The molecule has 0 amide bonds. The van der Waals surface area contributed by atoms with Crippen molar-refractivity contribution in [3.05, 3.63) is 0 Å². The van der Waals surface area contributed by atoms with Crippen LogP contribution in [0.5, 0.6) is 0 Å². The van der Waals surface area contributed by atoms with E-state index in [1.807, 2.05) is 0 Å². The van der Waals surface area contributed by atoms with Gasteiger partial charge in [-0.1, -0.05) is 59.8 Å². The fourth-order valence-corrected chi connectivity index (χ4v) is 2.66. The van der Waals surface area contributed by atoms with Crippen molar-refractivity contribution in [1.29, 1.82) is 0 Å². The van der Waals surface area contributed by atoms with Crippen LogP contribution in [0.4, 0.5) is 0 Å². The van der Waals surface area contributed by atoms with Gasteiger partial charge in [-0.3, -0.25) is 0 Å². The molecule has 2 unspecified atom stereocenters. The average Bonchev–Trinajstić information content (AvgIpc) is 2.39. The highest BCUT2D eigenvalue weighted by Crippen LogP contribution is 2.27. The summed E-state index contributed by atoms with van der Waals surface area (Å²) in [5, 5.41) is 0. The number of rotatable bonds is 11. The minimum atomic E-state index is 0.352. The van der Waals surface area contributed by atoms with Crippen LogP contribution < -0.4 is 0 Å². The topological polar surface area (TPSA) is 3.24 Å². The van der Waals surface area contributed by atoms with Crippen molar-refractivity contribution in [2.75, 3.05) is 13.6 Å². The molecule has 0 saturated heterocycles. The van der Waals surface area contributed by atoms with Crippen LogP contribution in [-0.2, 0) is 0 Å². The third-order valence-corrected chi connectivity index (χ3v) is 5.20. The summed E-state index contributed by atoms with van der Waals surface area (Å²) in [5.74, 6) is 1.76. The number of unbranched alkanes of at least 4 members (excludes halogenated alkanes) is 3. The molecule has 0 aromatic heterocycles. The molecule has 0 radical (unpaired) electrons. The maximum absolute atomic E-state index is 2.48. The molecular formula is C18H39N. The molecule has 0 aliphatic heterocycles. The summed E-state index contributed by atoms with van der Waals surface area (Å²) >= 11 is 0. The zero-order valence-electron chi connectivity index (χ0n) is 14.8. The van der Waals surface area contributed by atoms with Crippen LogP contribution in [0.15, 0.2) is 0 Å². The van der Waals surface area contributed by atoms with Gasteiger partial charge in [0.2, 0.25) is 0 Å². The Balaban J connectivity index is 3.92. The largest absolute Gasteiger partial charge is 0.302 e. The molecule has 0 spiro atoms. The molecule has 2 atom stereocenters. The van der Waals surface area contributed by atoms with Crippen LogP contribution in [0.3, 0.4) is 0 Å². The summed E-state index contributed by atoms with van der Waals surface area (Å²) in [7, 11) is 2.25. The van der Waals surface area contributed by atoms with E-state index in [4.69, 9.17) is 0 Å². The van der Waals surface area contributed by atoms with E-state index in [0.29, 0.717) is 5.54 Å². The normalized spacial score (nSPS) is 15.8. The van der Waals surface area contributed by atoms with Gasteiger partial charge < -0.3 is 4.90 Å². The Labute approximate surface area is 123 Å². The lowest BCUT2D eigenvalue weighted by Gasteiger charge is -2.36. The summed E-state index contributed by atoms with van der Waals surface area (Å²) in [6.45, 7) is 15.4. The van der Waals surface area contributed by atoms with Crippen LogP contribution >= 0.6 is 0 Å². The Morgan fingerprint density at radius 2 is 1.47 bits per heavy atom. The Hall–Kier alpha value is -0.0400. The third kappa shape index (κ3) is 7.97. The van der Waals surface area contributed by atoms with Crippen molar-refractivity contribution in [2.45, 2.75) is 92.0 Å². The molecule has 0 aliphatic carbocycles. The number of hydrogen-bond donors (Lipinski definition) is 0. The van der Waals surface area contributed by atoms with Crippen molar-refractivity contribution in [3.8, 4) is 0 Å². The lowest BCUT2D eigenvalue weighted by Crippen LogP contribution is -2.41. The molecule has 0 saturated carbocycles. The standard InChI is InChI=1S/C18H39N/c1-8-10-11-12-13-16(3)17(4)14-15-18(5,6)19(7)9-2/h16-17H,8-15H2,1-7H3. The van der Waals surface area contributed by atoms with Gasteiger partial charge in [0.05, 0.1) is 0 Å². The van der Waals surface area contributed by atoms with Gasteiger partial charge in [0, 0.05) is 5.54 Å². The quantitative estimate of drug-likeness (QED) is 0.432. The number of hydrogen-bond acceptors (Lipinski definition) is 1. The lowest BCUT2D eigenvalue weighted by atomic mass is 9.83. The van der Waals surface area contributed by atoms with Gasteiger partial charge >= 0.3 is 0 Å². The van der Waals surface area contributed by atoms with E-state index in [2.05, 4.69) is 53.5 Å². The van der Waals surface area contributed by atoms with E-state index in [0.717, 1.165) is 18.4 Å². The van der Waals surface area contributed by atoms with Crippen LogP contribution in [0.1, 0.15) is 86.5 Å². The van der Waals surface area contributed by atoms with Gasteiger partial charge in [-0.05, 0) is 52.1 Å². The van der Waals surface area contributed by atoms with Crippen LogP contribution in [0.25, 0.3) is 0 Å². The molecular weight excluding hydrogens is 230 g/mol. The van der Waals surface area contributed by atoms with Crippen molar-refractivity contribution in [2.24, 2.45) is 11.8 Å². The Bertz CT molecular complexity index is 210. The fraction of sp³-hybridized carbons (Fsp3) is 1.00. The summed E-state index contributed by atoms with van der Waals surface area (Å²) in [4.78, 5) is 2.48. The van der Waals surface area contributed by atoms with E-state index in [-0.39, 0.29) is 0 Å². The van der Waals surface area contributed by atoms with Crippen molar-refractivity contribution >= 4 is 0 Å². The highest BCUT2D eigenvalue weighted by molar-refractivity contribution is 4.79. The second-order valence-electron chi connectivity index (χ2n) is 7.17. The van der Waals surface area contributed by atoms with E-state index >= 15 is 0 Å². The summed E-state index contributed by atoms with van der Waals surface area (Å²) in [5.41, 5.74) is 0.352. The van der Waals surface area contributed by atoms with Gasteiger partial charge in [0.1, 0.15) is 0 Å². The highest BCUT2D eigenvalue weighted by atomic mass is 15.2. The van der Waals surface area contributed by atoms with Gasteiger partial charge in [-0.2, -0.15) is 0 Å². The van der Waals surface area contributed by atoms with Gasteiger partial charge in [-0.15, -0.1) is 0 Å². The van der Waals surface area contributed by atoms with Crippen molar-refractivity contribution in [3.63, 3.8) is 0 Å². The Kier molecular flexibility index (Phi) is 9.78.